The molecule has 1 amide bonds. The lowest BCUT2D eigenvalue weighted by atomic mass is 10.1. The van der Waals surface area contributed by atoms with Crippen LogP contribution in [-0.4, -0.2) is 45.8 Å². The molecule has 22 heavy (non-hydrogen) atoms. The predicted octanol–water partition coefficient (Wildman–Crippen LogP) is 2.82. The number of aromatic nitrogens is 2. The van der Waals surface area contributed by atoms with Crippen LogP contribution < -0.4 is 4.74 Å². The highest BCUT2D eigenvalue weighted by Crippen LogP contribution is 2.18. The number of carbonyl (C=O) groups is 1. The van der Waals surface area contributed by atoms with Gasteiger partial charge < -0.3 is 14.4 Å². The van der Waals surface area contributed by atoms with Gasteiger partial charge in [0.15, 0.2) is 0 Å². The van der Waals surface area contributed by atoms with Crippen molar-refractivity contribution in [2.45, 2.75) is 58.7 Å². The summed E-state index contributed by atoms with van der Waals surface area (Å²) >= 11 is 0. The van der Waals surface area contributed by atoms with Crippen molar-refractivity contribution in [1.82, 2.24) is 14.9 Å². The topological polar surface area (TPSA) is 64.5 Å². The first kappa shape index (κ1) is 16.5. The van der Waals surface area contributed by atoms with E-state index in [9.17, 15) is 4.79 Å². The van der Waals surface area contributed by atoms with E-state index in [2.05, 4.69) is 16.9 Å². The Labute approximate surface area is 131 Å². The molecule has 2 heterocycles. The third-order valence-electron chi connectivity index (χ3n) is 3.39. The summed E-state index contributed by atoms with van der Waals surface area (Å²) in [6.45, 7) is 8.86. The summed E-state index contributed by atoms with van der Waals surface area (Å²) in [5.74, 6) is 0. The summed E-state index contributed by atoms with van der Waals surface area (Å²) in [5.41, 5.74) is 0.593. The van der Waals surface area contributed by atoms with Crippen LogP contribution in [0.3, 0.4) is 0 Å². The second-order valence-electron chi connectivity index (χ2n) is 6.54. The molecular weight excluding hydrogens is 282 g/mol. The van der Waals surface area contributed by atoms with Crippen molar-refractivity contribution < 1.29 is 14.3 Å². The summed E-state index contributed by atoms with van der Waals surface area (Å²) in [7, 11) is 0. The van der Waals surface area contributed by atoms with Crippen molar-refractivity contribution in [1.29, 1.82) is 0 Å². The molecule has 2 rings (SSSR count). The summed E-state index contributed by atoms with van der Waals surface area (Å²) in [4.78, 5) is 22.2. The molecule has 0 spiro atoms. The largest absolute Gasteiger partial charge is 0.458 e. The van der Waals surface area contributed by atoms with E-state index in [0.29, 0.717) is 19.1 Å². The fourth-order valence-corrected chi connectivity index (χ4v) is 2.26. The lowest BCUT2D eigenvalue weighted by molar-refractivity contribution is 0.00660. The molecule has 0 bridgehead atoms. The van der Waals surface area contributed by atoms with Crippen LogP contribution in [0, 0.1) is 0 Å². The Morgan fingerprint density at radius 2 is 2.05 bits per heavy atom. The van der Waals surface area contributed by atoms with Gasteiger partial charge in [-0.25, -0.2) is 14.8 Å². The SMILES string of the molecule is CCc1cnc(OC2CCCN(C(=O)OC(C)(C)C)C2)nc1. The van der Waals surface area contributed by atoms with Crippen molar-refractivity contribution >= 4 is 6.09 Å². The summed E-state index contributed by atoms with van der Waals surface area (Å²) in [5, 5.41) is 0. The first-order chi connectivity index (χ1) is 10.4. The fourth-order valence-electron chi connectivity index (χ4n) is 2.26. The molecular formula is C16H25N3O3. The molecule has 6 heteroatoms. The Bertz CT molecular complexity index is 496. The number of piperidine rings is 1. The van der Waals surface area contributed by atoms with Gasteiger partial charge in [0.25, 0.3) is 0 Å². The second kappa shape index (κ2) is 6.94. The van der Waals surface area contributed by atoms with Crippen molar-refractivity contribution in [3.63, 3.8) is 0 Å². The van der Waals surface area contributed by atoms with Crippen LogP contribution in [0.4, 0.5) is 4.79 Å². The molecule has 1 unspecified atom stereocenters. The van der Waals surface area contributed by atoms with Gasteiger partial charge in [-0.15, -0.1) is 0 Å². The zero-order chi connectivity index (χ0) is 16.2. The maximum atomic E-state index is 12.1. The zero-order valence-electron chi connectivity index (χ0n) is 13.8. The van der Waals surface area contributed by atoms with Crippen LogP contribution in [0.5, 0.6) is 6.01 Å². The number of likely N-dealkylation sites (tertiary alicyclic amines) is 1. The monoisotopic (exact) mass is 307 g/mol. The highest BCUT2D eigenvalue weighted by Gasteiger charge is 2.28. The molecule has 0 aromatic carbocycles. The number of nitrogens with zero attached hydrogens (tertiary/aromatic N) is 3. The van der Waals surface area contributed by atoms with Crippen molar-refractivity contribution in [2.24, 2.45) is 0 Å². The first-order valence-corrected chi connectivity index (χ1v) is 7.83. The normalized spacial score (nSPS) is 18.9. The van der Waals surface area contributed by atoms with Crippen molar-refractivity contribution in [3.8, 4) is 6.01 Å². The number of carbonyl (C=O) groups excluding carboxylic acids is 1. The molecule has 1 aliphatic heterocycles. The number of aryl methyl sites for hydroxylation is 1. The van der Waals surface area contributed by atoms with Gasteiger partial charge in [0.05, 0.1) is 6.54 Å². The molecule has 1 aliphatic rings. The maximum Gasteiger partial charge on any atom is 0.410 e. The number of rotatable bonds is 3. The minimum absolute atomic E-state index is 0.0891. The second-order valence-corrected chi connectivity index (χ2v) is 6.54. The van der Waals surface area contributed by atoms with Gasteiger partial charge in [-0.05, 0) is 45.6 Å². The van der Waals surface area contributed by atoms with Crippen LogP contribution in [0.25, 0.3) is 0 Å². The molecule has 0 saturated carbocycles. The third kappa shape index (κ3) is 4.86. The van der Waals surface area contributed by atoms with E-state index in [-0.39, 0.29) is 12.2 Å². The molecule has 0 N–H and O–H groups in total. The molecule has 0 aliphatic carbocycles. The molecule has 1 aromatic heterocycles. The van der Waals surface area contributed by atoms with E-state index in [0.717, 1.165) is 24.8 Å². The van der Waals surface area contributed by atoms with Crippen molar-refractivity contribution in [3.05, 3.63) is 18.0 Å². The number of ether oxygens (including phenoxy) is 2. The molecule has 6 nitrogen and oxygen atoms in total. The molecule has 0 radical (unpaired) electrons. The Balaban J connectivity index is 1.91. The van der Waals surface area contributed by atoms with E-state index in [1.54, 1.807) is 17.3 Å². The highest BCUT2D eigenvalue weighted by molar-refractivity contribution is 5.68. The average Bonchev–Trinajstić information content (AvgIpc) is 2.46. The zero-order valence-corrected chi connectivity index (χ0v) is 13.8. The van der Waals surface area contributed by atoms with E-state index in [1.807, 2.05) is 20.8 Å². The summed E-state index contributed by atoms with van der Waals surface area (Å²) in [6.07, 6.45) is 5.84. The number of hydrogen-bond acceptors (Lipinski definition) is 5. The van der Waals surface area contributed by atoms with Gasteiger partial charge in [0.1, 0.15) is 11.7 Å². The smallest absolute Gasteiger partial charge is 0.410 e. The van der Waals surface area contributed by atoms with Gasteiger partial charge in [-0.2, -0.15) is 0 Å². The van der Waals surface area contributed by atoms with E-state index in [1.165, 1.54) is 0 Å². The van der Waals surface area contributed by atoms with E-state index < -0.39 is 5.60 Å². The minimum Gasteiger partial charge on any atom is -0.458 e. The van der Waals surface area contributed by atoms with Gasteiger partial charge in [0.2, 0.25) is 0 Å². The Hall–Kier alpha value is -1.85. The summed E-state index contributed by atoms with van der Waals surface area (Å²) in [6, 6.07) is 0.369. The molecule has 1 saturated heterocycles. The maximum absolute atomic E-state index is 12.1. The Kier molecular flexibility index (Phi) is 5.21. The third-order valence-corrected chi connectivity index (χ3v) is 3.39. The van der Waals surface area contributed by atoms with Gasteiger partial charge in [-0.1, -0.05) is 6.92 Å². The highest BCUT2D eigenvalue weighted by atomic mass is 16.6. The van der Waals surface area contributed by atoms with Gasteiger partial charge in [0, 0.05) is 18.9 Å². The fraction of sp³-hybridized carbons (Fsp3) is 0.688. The lowest BCUT2D eigenvalue weighted by Gasteiger charge is -2.33. The summed E-state index contributed by atoms with van der Waals surface area (Å²) < 4.78 is 11.2. The molecule has 1 fully saturated rings. The number of hydrogen-bond donors (Lipinski definition) is 0. The van der Waals surface area contributed by atoms with E-state index >= 15 is 0 Å². The average molecular weight is 307 g/mol. The molecule has 1 atom stereocenters. The van der Waals surface area contributed by atoms with E-state index in [4.69, 9.17) is 9.47 Å². The van der Waals surface area contributed by atoms with Crippen LogP contribution in [-0.2, 0) is 11.2 Å². The first-order valence-electron chi connectivity index (χ1n) is 7.83. The van der Waals surface area contributed by atoms with Crippen LogP contribution in [0.15, 0.2) is 12.4 Å². The van der Waals surface area contributed by atoms with Crippen LogP contribution in [0.1, 0.15) is 46.1 Å². The van der Waals surface area contributed by atoms with Crippen LogP contribution >= 0.6 is 0 Å². The Morgan fingerprint density at radius 3 is 2.64 bits per heavy atom. The Morgan fingerprint density at radius 1 is 1.36 bits per heavy atom. The standard InChI is InChI=1S/C16H25N3O3/c1-5-12-9-17-14(18-10-12)21-13-7-6-8-19(11-13)15(20)22-16(2,3)4/h9-10,13H,5-8,11H2,1-4H3. The molecule has 1 aromatic rings. The van der Waals surface area contributed by atoms with Crippen LogP contribution in [0.2, 0.25) is 0 Å². The lowest BCUT2D eigenvalue weighted by Crippen LogP contribution is -2.46. The quantitative estimate of drug-likeness (QED) is 0.859. The predicted molar refractivity (Wildman–Crippen MR) is 82.9 cm³/mol. The van der Waals surface area contributed by atoms with Gasteiger partial charge >= 0.3 is 12.1 Å². The van der Waals surface area contributed by atoms with Crippen molar-refractivity contribution in [2.75, 3.05) is 13.1 Å². The minimum atomic E-state index is -0.482. The molecule has 122 valence electrons. The van der Waals surface area contributed by atoms with Gasteiger partial charge in [-0.3, -0.25) is 0 Å². The number of amides is 1.